The largest absolute Gasteiger partial charge is 0.385 e. The Labute approximate surface area is 101 Å². The summed E-state index contributed by atoms with van der Waals surface area (Å²) < 4.78 is 2.10. The lowest BCUT2D eigenvalue weighted by atomic mass is 10.1. The molecule has 0 spiro atoms. The van der Waals surface area contributed by atoms with Gasteiger partial charge >= 0.3 is 0 Å². The van der Waals surface area contributed by atoms with Crippen molar-refractivity contribution in [1.82, 2.24) is 4.57 Å². The second kappa shape index (κ2) is 4.22. The van der Waals surface area contributed by atoms with E-state index in [1.165, 1.54) is 0 Å². The van der Waals surface area contributed by atoms with Gasteiger partial charge in [-0.25, -0.2) is 0 Å². The van der Waals surface area contributed by atoms with Gasteiger partial charge in [0.25, 0.3) is 0 Å². The normalized spacial score (nSPS) is 11.0. The second-order valence-corrected chi connectivity index (χ2v) is 4.55. The Kier molecular flexibility index (Phi) is 2.92. The van der Waals surface area contributed by atoms with Gasteiger partial charge in [0.05, 0.1) is 0 Å². The van der Waals surface area contributed by atoms with Gasteiger partial charge in [0.1, 0.15) is 5.82 Å². The van der Waals surface area contributed by atoms with Crippen LogP contribution in [0.4, 0.5) is 5.82 Å². The van der Waals surface area contributed by atoms with Gasteiger partial charge in [0.2, 0.25) is 0 Å². The van der Waals surface area contributed by atoms with Crippen molar-refractivity contribution in [2.75, 3.05) is 5.73 Å². The van der Waals surface area contributed by atoms with Crippen LogP contribution in [0.2, 0.25) is 5.02 Å². The summed E-state index contributed by atoms with van der Waals surface area (Å²) in [5.41, 5.74) is 8.15. The van der Waals surface area contributed by atoms with Crippen LogP contribution in [0.25, 0.3) is 11.3 Å². The van der Waals surface area contributed by atoms with Gasteiger partial charge in [-0.2, -0.15) is 0 Å². The molecule has 0 fully saturated rings. The Hall–Kier alpha value is -1.41. The van der Waals surface area contributed by atoms with Gasteiger partial charge in [-0.3, -0.25) is 0 Å². The molecule has 0 unspecified atom stereocenters. The maximum Gasteiger partial charge on any atom is 0.103 e. The Balaban J connectivity index is 2.56. The van der Waals surface area contributed by atoms with Crippen molar-refractivity contribution in [1.29, 1.82) is 0 Å². The van der Waals surface area contributed by atoms with Gasteiger partial charge in [0.15, 0.2) is 0 Å². The topological polar surface area (TPSA) is 30.9 Å². The van der Waals surface area contributed by atoms with Crippen LogP contribution in [-0.4, -0.2) is 4.57 Å². The SMILES string of the molecule is CC(C)n1c(N)ccc1-c1cccc(Cl)c1. The highest BCUT2D eigenvalue weighted by Gasteiger charge is 2.10. The van der Waals surface area contributed by atoms with Crippen molar-refractivity contribution in [3.05, 3.63) is 41.4 Å². The van der Waals surface area contributed by atoms with Crippen LogP contribution in [0.5, 0.6) is 0 Å². The summed E-state index contributed by atoms with van der Waals surface area (Å²) in [7, 11) is 0. The van der Waals surface area contributed by atoms with Gasteiger partial charge in [0, 0.05) is 16.8 Å². The summed E-state index contributed by atoms with van der Waals surface area (Å²) in [5, 5.41) is 0.743. The molecule has 2 nitrogen and oxygen atoms in total. The highest BCUT2D eigenvalue weighted by molar-refractivity contribution is 6.30. The van der Waals surface area contributed by atoms with E-state index in [-0.39, 0.29) is 0 Å². The maximum atomic E-state index is 5.99. The minimum Gasteiger partial charge on any atom is -0.385 e. The first-order chi connectivity index (χ1) is 7.59. The monoisotopic (exact) mass is 234 g/mol. The molecule has 1 aromatic heterocycles. The maximum absolute atomic E-state index is 5.99. The molecule has 0 bridgehead atoms. The third-order valence-corrected chi connectivity index (χ3v) is 2.82. The summed E-state index contributed by atoms with van der Waals surface area (Å²) in [6, 6.07) is 12.1. The Bertz CT molecular complexity index is 500. The summed E-state index contributed by atoms with van der Waals surface area (Å²) in [6.07, 6.45) is 0. The average Bonchev–Trinajstić information content (AvgIpc) is 2.60. The molecule has 0 saturated heterocycles. The number of benzene rings is 1. The van der Waals surface area contributed by atoms with Crippen LogP contribution in [0.15, 0.2) is 36.4 Å². The van der Waals surface area contributed by atoms with Crippen molar-refractivity contribution in [3.8, 4) is 11.3 Å². The number of anilines is 1. The van der Waals surface area contributed by atoms with E-state index in [9.17, 15) is 0 Å². The molecule has 1 heterocycles. The smallest absolute Gasteiger partial charge is 0.103 e. The summed E-state index contributed by atoms with van der Waals surface area (Å²) >= 11 is 5.99. The molecule has 0 saturated carbocycles. The fourth-order valence-corrected chi connectivity index (χ4v) is 2.11. The highest BCUT2D eigenvalue weighted by atomic mass is 35.5. The minimum atomic E-state index is 0.337. The van der Waals surface area contributed by atoms with Gasteiger partial charge in [-0.15, -0.1) is 0 Å². The molecular weight excluding hydrogens is 220 g/mol. The van der Waals surface area contributed by atoms with E-state index in [1.54, 1.807) is 0 Å². The van der Waals surface area contributed by atoms with E-state index in [0.29, 0.717) is 6.04 Å². The van der Waals surface area contributed by atoms with Crippen LogP contribution in [0, 0.1) is 0 Å². The quantitative estimate of drug-likeness (QED) is 0.838. The lowest BCUT2D eigenvalue weighted by Crippen LogP contribution is -2.06. The third-order valence-electron chi connectivity index (χ3n) is 2.59. The fourth-order valence-electron chi connectivity index (χ4n) is 1.92. The molecule has 3 heteroatoms. The van der Waals surface area contributed by atoms with Crippen molar-refractivity contribution >= 4 is 17.4 Å². The molecule has 0 amide bonds. The Morgan fingerprint density at radius 1 is 1.19 bits per heavy atom. The summed E-state index contributed by atoms with van der Waals surface area (Å²) in [5.74, 6) is 0.782. The number of nitrogen functional groups attached to an aromatic ring is 1. The van der Waals surface area contributed by atoms with E-state index in [2.05, 4.69) is 18.4 Å². The third kappa shape index (κ3) is 1.93. The van der Waals surface area contributed by atoms with Crippen LogP contribution in [-0.2, 0) is 0 Å². The predicted molar refractivity (Wildman–Crippen MR) is 69.7 cm³/mol. The number of nitrogens with two attached hydrogens (primary N) is 1. The summed E-state index contributed by atoms with van der Waals surface area (Å²) in [6.45, 7) is 4.23. The van der Waals surface area contributed by atoms with Crippen molar-refractivity contribution < 1.29 is 0 Å². The Morgan fingerprint density at radius 2 is 1.94 bits per heavy atom. The molecule has 0 aliphatic rings. The molecular formula is C13H15ClN2. The zero-order chi connectivity index (χ0) is 11.7. The Morgan fingerprint density at radius 3 is 2.56 bits per heavy atom. The predicted octanol–water partition coefficient (Wildman–Crippen LogP) is 3.97. The van der Waals surface area contributed by atoms with Crippen LogP contribution in [0.1, 0.15) is 19.9 Å². The number of hydrogen-bond donors (Lipinski definition) is 1. The number of rotatable bonds is 2. The van der Waals surface area contributed by atoms with Crippen LogP contribution < -0.4 is 5.73 Å². The molecule has 84 valence electrons. The lowest BCUT2D eigenvalue weighted by molar-refractivity contribution is 0.618. The minimum absolute atomic E-state index is 0.337. The zero-order valence-corrected chi connectivity index (χ0v) is 10.2. The van der Waals surface area contributed by atoms with E-state index < -0.39 is 0 Å². The second-order valence-electron chi connectivity index (χ2n) is 4.12. The standard InChI is InChI=1S/C13H15ClN2/c1-9(2)16-12(6-7-13(16)15)10-4-3-5-11(14)8-10/h3-9H,15H2,1-2H3. The van der Waals surface area contributed by atoms with E-state index >= 15 is 0 Å². The number of nitrogens with zero attached hydrogens (tertiary/aromatic N) is 1. The first-order valence-electron chi connectivity index (χ1n) is 5.32. The molecule has 0 atom stereocenters. The fraction of sp³-hybridized carbons (Fsp3) is 0.231. The molecule has 0 aliphatic heterocycles. The average molecular weight is 235 g/mol. The van der Waals surface area contributed by atoms with Crippen molar-refractivity contribution in [3.63, 3.8) is 0 Å². The van der Waals surface area contributed by atoms with E-state index in [1.807, 2.05) is 36.4 Å². The van der Waals surface area contributed by atoms with Gasteiger partial charge < -0.3 is 10.3 Å². The molecule has 0 aliphatic carbocycles. The zero-order valence-electron chi connectivity index (χ0n) is 9.44. The molecule has 2 rings (SSSR count). The van der Waals surface area contributed by atoms with E-state index in [0.717, 1.165) is 22.1 Å². The van der Waals surface area contributed by atoms with Crippen LogP contribution in [0.3, 0.4) is 0 Å². The molecule has 1 aromatic carbocycles. The molecule has 0 radical (unpaired) electrons. The molecule has 16 heavy (non-hydrogen) atoms. The number of halogens is 1. The highest BCUT2D eigenvalue weighted by Crippen LogP contribution is 2.29. The van der Waals surface area contributed by atoms with Gasteiger partial charge in [-0.1, -0.05) is 23.7 Å². The summed E-state index contributed by atoms with van der Waals surface area (Å²) in [4.78, 5) is 0. The van der Waals surface area contributed by atoms with E-state index in [4.69, 9.17) is 17.3 Å². The molecule has 2 N–H and O–H groups in total. The lowest BCUT2D eigenvalue weighted by Gasteiger charge is -2.15. The van der Waals surface area contributed by atoms with Crippen molar-refractivity contribution in [2.45, 2.75) is 19.9 Å². The van der Waals surface area contributed by atoms with Crippen molar-refractivity contribution in [2.24, 2.45) is 0 Å². The number of hydrogen-bond acceptors (Lipinski definition) is 1. The van der Waals surface area contributed by atoms with Crippen LogP contribution >= 0.6 is 11.6 Å². The molecule has 2 aromatic rings. The number of aromatic nitrogens is 1. The van der Waals surface area contributed by atoms with Gasteiger partial charge in [-0.05, 0) is 43.7 Å². The first-order valence-corrected chi connectivity index (χ1v) is 5.70. The first kappa shape index (κ1) is 11.1.